The number of rotatable bonds is 3. The number of fused-ring (bicyclic) bond motifs is 2. The molecule has 0 spiro atoms. The molecule has 0 aromatic heterocycles. The normalized spacial score (nSPS) is 34.4. The molecule has 0 amide bonds. The van der Waals surface area contributed by atoms with Crippen molar-refractivity contribution in [3.05, 3.63) is 35.9 Å². The largest absolute Gasteiger partial charge is 0.480 e. The van der Waals surface area contributed by atoms with E-state index in [9.17, 15) is 9.90 Å². The minimum atomic E-state index is -1.01. The van der Waals surface area contributed by atoms with Gasteiger partial charge in [-0.1, -0.05) is 30.3 Å². The third-order valence-corrected chi connectivity index (χ3v) is 4.52. The summed E-state index contributed by atoms with van der Waals surface area (Å²) >= 11 is 0. The maximum Gasteiger partial charge on any atom is 0.323 e. The molecule has 4 heteroatoms. The van der Waals surface area contributed by atoms with Crippen molar-refractivity contribution >= 4 is 5.97 Å². The smallest absolute Gasteiger partial charge is 0.323 e. The summed E-state index contributed by atoms with van der Waals surface area (Å²) in [5.74, 6) is -0.410. The van der Waals surface area contributed by atoms with Gasteiger partial charge in [0.05, 0.1) is 0 Å². The highest BCUT2D eigenvalue weighted by molar-refractivity contribution is 5.78. The summed E-state index contributed by atoms with van der Waals surface area (Å²) in [5, 5.41) is 9.29. The monoisotopic (exact) mass is 260 g/mol. The minimum absolute atomic E-state index is 0.319. The summed E-state index contributed by atoms with van der Waals surface area (Å²) in [7, 11) is 0. The maximum atomic E-state index is 11.3. The van der Waals surface area contributed by atoms with E-state index in [1.807, 2.05) is 18.2 Å². The second kappa shape index (κ2) is 4.62. The number of nitrogens with two attached hydrogens (primary N) is 1. The molecule has 3 unspecified atom stereocenters. The van der Waals surface area contributed by atoms with Gasteiger partial charge in [-0.25, -0.2) is 0 Å². The van der Waals surface area contributed by atoms with E-state index in [4.69, 9.17) is 5.73 Å². The first-order valence-electron chi connectivity index (χ1n) is 6.87. The Kier molecular flexibility index (Phi) is 3.07. The van der Waals surface area contributed by atoms with Gasteiger partial charge in [-0.15, -0.1) is 0 Å². The zero-order chi connectivity index (χ0) is 13.5. The van der Waals surface area contributed by atoms with Crippen LogP contribution in [0.4, 0.5) is 0 Å². The second-order valence-electron chi connectivity index (χ2n) is 6.04. The molecule has 4 nitrogen and oxygen atoms in total. The standard InChI is InChI=1S/C15H20N2O2/c16-15(14(18)19)7-12-6-13(8-15)17(10-12)9-11-4-2-1-3-5-11/h1-5,12-13H,6-10,16H2,(H,18,19). The van der Waals surface area contributed by atoms with Gasteiger partial charge in [0.15, 0.2) is 0 Å². The van der Waals surface area contributed by atoms with E-state index in [0.717, 1.165) is 19.5 Å². The number of hydrogen-bond donors (Lipinski definition) is 2. The van der Waals surface area contributed by atoms with Crippen molar-refractivity contribution in [3.8, 4) is 0 Å². The number of aliphatic carboxylic acids is 1. The molecular weight excluding hydrogens is 240 g/mol. The Hall–Kier alpha value is -1.39. The Bertz CT molecular complexity index is 476. The first kappa shape index (κ1) is 12.6. The molecule has 1 heterocycles. The Morgan fingerprint density at radius 3 is 2.79 bits per heavy atom. The molecule has 1 saturated carbocycles. The topological polar surface area (TPSA) is 66.6 Å². The Labute approximate surface area is 113 Å². The van der Waals surface area contributed by atoms with Crippen molar-refractivity contribution in [2.75, 3.05) is 6.54 Å². The number of nitrogens with zero attached hydrogens (tertiary/aromatic N) is 1. The van der Waals surface area contributed by atoms with Crippen LogP contribution in [0.3, 0.4) is 0 Å². The summed E-state index contributed by atoms with van der Waals surface area (Å²) < 4.78 is 0. The number of carbonyl (C=O) groups is 1. The Balaban J connectivity index is 1.72. The van der Waals surface area contributed by atoms with Crippen LogP contribution in [0.15, 0.2) is 30.3 Å². The van der Waals surface area contributed by atoms with Crippen LogP contribution >= 0.6 is 0 Å². The molecule has 2 bridgehead atoms. The van der Waals surface area contributed by atoms with E-state index in [1.54, 1.807) is 0 Å². The average Bonchev–Trinajstić information content (AvgIpc) is 2.65. The second-order valence-corrected chi connectivity index (χ2v) is 6.04. The lowest BCUT2D eigenvalue weighted by molar-refractivity contribution is -0.145. The summed E-state index contributed by atoms with van der Waals surface area (Å²) in [6, 6.07) is 10.7. The fraction of sp³-hybridized carbons (Fsp3) is 0.533. The molecule has 1 aromatic carbocycles. The highest BCUT2D eigenvalue weighted by Crippen LogP contribution is 2.40. The molecule has 3 atom stereocenters. The van der Waals surface area contributed by atoms with Gasteiger partial charge in [-0.3, -0.25) is 9.69 Å². The lowest BCUT2D eigenvalue weighted by Crippen LogP contribution is -2.53. The third-order valence-electron chi connectivity index (χ3n) is 4.52. The van der Waals surface area contributed by atoms with E-state index in [-0.39, 0.29) is 0 Å². The van der Waals surface area contributed by atoms with E-state index in [0.29, 0.717) is 24.8 Å². The van der Waals surface area contributed by atoms with Gasteiger partial charge in [-0.05, 0) is 30.7 Å². The highest BCUT2D eigenvalue weighted by atomic mass is 16.4. The SMILES string of the molecule is NC1(C(=O)O)CC2CC(C1)N(Cc1ccccc1)C2. The third kappa shape index (κ3) is 2.38. The molecule has 3 N–H and O–H groups in total. The highest BCUT2D eigenvalue weighted by Gasteiger charge is 2.49. The van der Waals surface area contributed by atoms with Crippen molar-refractivity contribution in [2.24, 2.45) is 11.7 Å². The molecule has 3 rings (SSSR count). The van der Waals surface area contributed by atoms with Gasteiger partial charge < -0.3 is 10.8 Å². The van der Waals surface area contributed by atoms with Crippen LogP contribution in [0.25, 0.3) is 0 Å². The number of carboxylic acids is 1. The van der Waals surface area contributed by atoms with Gasteiger partial charge in [0.2, 0.25) is 0 Å². The van der Waals surface area contributed by atoms with Crippen molar-refractivity contribution in [1.29, 1.82) is 0 Å². The molecule has 1 saturated heterocycles. The average molecular weight is 260 g/mol. The quantitative estimate of drug-likeness (QED) is 0.863. The van der Waals surface area contributed by atoms with Gasteiger partial charge >= 0.3 is 5.97 Å². The molecule has 2 fully saturated rings. The number of benzene rings is 1. The van der Waals surface area contributed by atoms with E-state index >= 15 is 0 Å². The van der Waals surface area contributed by atoms with E-state index < -0.39 is 11.5 Å². The summed E-state index contributed by atoms with van der Waals surface area (Å²) in [6.45, 7) is 1.88. The molecule has 102 valence electrons. The molecular formula is C15H20N2O2. The van der Waals surface area contributed by atoms with Crippen molar-refractivity contribution < 1.29 is 9.90 Å². The van der Waals surface area contributed by atoms with Crippen molar-refractivity contribution in [3.63, 3.8) is 0 Å². The lowest BCUT2D eigenvalue weighted by atomic mass is 9.76. The van der Waals surface area contributed by atoms with Crippen LogP contribution < -0.4 is 5.73 Å². The van der Waals surface area contributed by atoms with Gasteiger partial charge in [-0.2, -0.15) is 0 Å². The van der Waals surface area contributed by atoms with Crippen LogP contribution in [0.1, 0.15) is 24.8 Å². The number of likely N-dealkylation sites (tertiary alicyclic amines) is 1. The summed E-state index contributed by atoms with van der Waals surface area (Å²) in [5.41, 5.74) is 6.32. The summed E-state index contributed by atoms with van der Waals surface area (Å²) in [6.07, 6.45) is 2.29. The fourth-order valence-electron chi connectivity index (χ4n) is 3.65. The minimum Gasteiger partial charge on any atom is -0.480 e. The fourth-order valence-corrected chi connectivity index (χ4v) is 3.65. The van der Waals surface area contributed by atoms with E-state index in [2.05, 4.69) is 17.0 Å². The zero-order valence-electron chi connectivity index (χ0n) is 11.0. The number of hydrogen-bond acceptors (Lipinski definition) is 3. The van der Waals surface area contributed by atoms with Crippen LogP contribution in [-0.4, -0.2) is 34.1 Å². The zero-order valence-corrected chi connectivity index (χ0v) is 11.0. The maximum absolute atomic E-state index is 11.3. The molecule has 0 radical (unpaired) electrons. The van der Waals surface area contributed by atoms with Crippen LogP contribution in [-0.2, 0) is 11.3 Å². The predicted molar refractivity (Wildman–Crippen MR) is 72.5 cm³/mol. The Morgan fingerprint density at radius 1 is 1.37 bits per heavy atom. The van der Waals surface area contributed by atoms with Crippen LogP contribution in [0.5, 0.6) is 0 Å². The van der Waals surface area contributed by atoms with E-state index in [1.165, 1.54) is 5.56 Å². The lowest BCUT2D eigenvalue weighted by Gasteiger charge is -2.34. The molecule has 1 aromatic rings. The van der Waals surface area contributed by atoms with Crippen molar-refractivity contribution in [1.82, 2.24) is 4.90 Å². The van der Waals surface area contributed by atoms with Gasteiger partial charge in [0, 0.05) is 19.1 Å². The number of carboxylic acid groups (broad SMARTS) is 1. The van der Waals surface area contributed by atoms with Gasteiger partial charge in [0.1, 0.15) is 5.54 Å². The molecule has 1 aliphatic heterocycles. The predicted octanol–water partition coefficient (Wildman–Crippen LogP) is 1.45. The van der Waals surface area contributed by atoms with Gasteiger partial charge in [0.25, 0.3) is 0 Å². The van der Waals surface area contributed by atoms with Crippen molar-refractivity contribution in [2.45, 2.75) is 37.4 Å². The molecule has 2 aliphatic rings. The van der Waals surface area contributed by atoms with Crippen LogP contribution in [0, 0.1) is 5.92 Å². The van der Waals surface area contributed by atoms with Crippen LogP contribution in [0.2, 0.25) is 0 Å². The summed E-state index contributed by atoms with van der Waals surface area (Å²) in [4.78, 5) is 13.7. The first-order valence-corrected chi connectivity index (χ1v) is 6.87. The molecule has 19 heavy (non-hydrogen) atoms. The molecule has 1 aliphatic carbocycles. The first-order chi connectivity index (χ1) is 9.07. The Morgan fingerprint density at radius 2 is 2.11 bits per heavy atom.